The molecule has 0 fully saturated rings. The van der Waals surface area contributed by atoms with E-state index >= 15 is 0 Å². The van der Waals surface area contributed by atoms with E-state index in [1.165, 1.54) is 11.3 Å². The molecule has 5 rings (SSSR count). The molecule has 0 aliphatic carbocycles. The van der Waals surface area contributed by atoms with Gasteiger partial charge in [-0.1, -0.05) is 19.1 Å². The fraction of sp³-hybridized carbons (Fsp3) is 0.259. The maximum atomic E-state index is 13.3. The third kappa shape index (κ3) is 5.34. The van der Waals surface area contributed by atoms with Crippen LogP contribution >= 0.6 is 11.3 Å². The molecule has 37 heavy (non-hydrogen) atoms. The molecule has 4 aromatic rings. The summed E-state index contributed by atoms with van der Waals surface area (Å²) in [5, 5.41) is 22.9. The van der Waals surface area contributed by atoms with Gasteiger partial charge in [0.25, 0.3) is 11.8 Å². The molecule has 1 atom stereocenters. The van der Waals surface area contributed by atoms with Gasteiger partial charge in [0.05, 0.1) is 16.6 Å². The standard InChI is InChI=1S/C27H27N5O4S/c1-2-21(30-25(34)17-5-8-22-18(11-17)14-29-31-22)27(36)32-10-9-23-19(15-32)12-24(37-23)26(35)28-13-16-3-6-20(33)7-4-16/h3-8,11-12,14,21,33H,2,9-10,13,15H2,1H3,(H,28,35)(H,29,31)(H,30,34)/t21-/m1/s1. The number of nitrogens with zero attached hydrogens (tertiary/aromatic N) is 2. The van der Waals surface area contributed by atoms with Crippen LogP contribution in [0.15, 0.2) is 54.7 Å². The Kier molecular flexibility index (Phi) is 6.91. The molecule has 0 bridgehead atoms. The number of carbonyl (C=O) groups excluding carboxylic acids is 3. The number of hydrogen-bond acceptors (Lipinski definition) is 6. The first-order chi connectivity index (χ1) is 17.9. The Bertz CT molecular complexity index is 1460. The van der Waals surface area contributed by atoms with E-state index in [2.05, 4.69) is 20.8 Å². The maximum Gasteiger partial charge on any atom is 0.261 e. The molecule has 2 aromatic carbocycles. The monoisotopic (exact) mass is 517 g/mol. The largest absolute Gasteiger partial charge is 0.508 e. The zero-order valence-corrected chi connectivity index (χ0v) is 21.1. The number of carbonyl (C=O) groups is 3. The van der Waals surface area contributed by atoms with Crippen molar-refractivity contribution in [3.05, 3.63) is 81.2 Å². The zero-order valence-electron chi connectivity index (χ0n) is 20.3. The van der Waals surface area contributed by atoms with Gasteiger partial charge in [-0.25, -0.2) is 0 Å². The minimum absolute atomic E-state index is 0.129. The number of amides is 3. The number of rotatable bonds is 7. The van der Waals surface area contributed by atoms with Crippen molar-refractivity contribution in [1.29, 1.82) is 0 Å². The van der Waals surface area contributed by atoms with Crippen LogP contribution in [-0.2, 0) is 24.3 Å². The van der Waals surface area contributed by atoms with Crippen LogP contribution in [0.25, 0.3) is 10.9 Å². The first-order valence-electron chi connectivity index (χ1n) is 12.1. The lowest BCUT2D eigenvalue weighted by atomic mass is 10.1. The lowest BCUT2D eigenvalue weighted by Gasteiger charge is -2.30. The maximum absolute atomic E-state index is 13.3. The van der Waals surface area contributed by atoms with E-state index in [9.17, 15) is 19.5 Å². The van der Waals surface area contributed by atoms with Crippen molar-refractivity contribution in [3.63, 3.8) is 0 Å². The van der Waals surface area contributed by atoms with E-state index in [1.807, 2.05) is 13.0 Å². The van der Waals surface area contributed by atoms with Crippen molar-refractivity contribution in [2.75, 3.05) is 6.54 Å². The number of phenols is 1. The Morgan fingerprint density at radius 3 is 2.73 bits per heavy atom. The number of benzene rings is 2. The van der Waals surface area contributed by atoms with E-state index < -0.39 is 6.04 Å². The summed E-state index contributed by atoms with van der Waals surface area (Å²) in [7, 11) is 0. The van der Waals surface area contributed by atoms with E-state index in [0.29, 0.717) is 42.9 Å². The average Bonchev–Trinajstić information content (AvgIpc) is 3.57. The number of H-pyrrole nitrogens is 1. The Balaban J connectivity index is 1.20. The van der Waals surface area contributed by atoms with Crippen LogP contribution in [0.1, 0.15) is 49.4 Å². The molecule has 3 heterocycles. The number of aromatic amines is 1. The van der Waals surface area contributed by atoms with Crippen LogP contribution in [0.3, 0.4) is 0 Å². The quantitative estimate of drug-likeness (QED) is 0.299. The summed E-state index contributed by atoms with van der Waals surface area (Å²) in [5.41, 5.74) is 3.17. The molecule has 3 amide bonds. The van der Waals surface area contributed by atoms with Gasteiger partial charge in [0.2, 0.25) is 5.91 Å². The first-order valence-corrected chi connectivity index (χ1v) is 12.9. The second-order valence-electron chi connectivity index (χ2n) is 9.02. The number of hydrogen-bond donors (Lipinski definition) is 4. The zero-order chi connectivity index (χ0) is 25.9. The molecule has 1 aliphatic rings. The SMILES string of the molecule is CC[C@@H](NC(=O)c1ccc2[nH]ncc2c1)C(=O)N1CCc2sc(C(=O)NCc3ccc(O)cc3)cc2C1. The number of thiophene rings is 1. The van der Waals surface area contributed by atoms with Gasteiger partial charge < -0.3 is 20.6 Å². The molecular formula is C27H27N5O4S. The molecule has 0 unspecified atom stereocenters. The average molecular weight is 518 g/mol. The smallest absolute Gasteiger partial charge is 0.261 e. The highest BCUT2D eigenvalue weighted by atomic mass is 32.1. The third-order valence-electron chi connectivity index (χ3n) is 6.51. The number of phenolic OH excluding ortho intramolecular Hbond substituents is 1. The lowest BCUT2D eigenvalue weighted by Crippen LogP contribution is -2.49. The Morgan fingerprint density at radius 2 is 1.95 bits per heavy atom. The third-order valence-corrected chi connectivity index (χ3v) is 7.74. The summed E-state index contributed by atoms with van der Waals surface area (Å²) in [4.78, 5) is 42.3. The van der Waals surface area contributed by atoms with Gasteiger partial charge in [-0.3, -0.25) is 19.5 Å². The predicted octanol–water partition coefficient (Wildman–Crippen LogP) is 3.35. The van der Waals surface area contributed by atoms with Crippen LogP contribution in [-0.4, -0.2) is 50.5 Å². The lowest BCUT2D eigenvalue weighted by molar-refractivity contribution is -0.134. The molecule has 0 radical (unpaired) electrons. The predicted molar refractivity (Wildman–Crippen MR) is 140 cm³/mol. The van der Waals surface area contributed by atoms with E-state index in [-0.39, 0.29) is 23.5 Å². The van der Waals surface area contributed by atoms with E-state index in [0.717, 1.165) is 26.9 Å². The molecule has 4 N–H and O–H groups in total. The van der Waals surface area contributed by atoms with Crippen LogP contribution < -0.4 is 10.6 Å². The Morgan fingerprint density at radius 1 is 1.14 bits per heavy atom. The van der Waals surface area contributed by atoms with Crippen molar-refractivity contribution in [1.82, 2.24) is 25.7 Å². The van der Waals surface area contributed by atoms with Crippen molar-refractivity contribution in [3.8, 4) is 5.75 Å². The van der Waals surface area contributed by atoms with Gasteiger partial charge in [-0.15, -0.1) is 11.3 Å². The topological polar surface area (TPSA) is 127 Å². The normalized spacial score (nSPS) is 13.7. The summed E-state index contributed by atoms with van der Waals surface area (Å²) in [6.07, 6.45) is 2.79. The second-order valence-corrected chi connectivity index (χ2v) is 10.2. The number of aromatic hydroxyl groups is 1. The minimum atomic E-state index is -0.638. The number of aromatic nitrogens is 2. The van der Waals surface area contributed by atoms with Gasteiger partial charge >= 0.3 is 0 Å². The highest BCUT2D eigenvalue weighted by Gasteiger charge is 2.29. The van der Waals surface area contributed by atoms with Crippen molar-refractivity contribution < 1.29 is 19.5 Å². The van der Waals surface area contributed by atoms with Gasteiger partial charge in [0.15, 0.2) is 0 Å². The fourth-order valence-corrected chi connectivity index (χ4v) is 5.48. The van der Waals surface area contributed by atoms with Gasteiger partial charge in [0, 0.05) is 35.5 Å². The highest BCUT2D eigenvalue weighted by molar-refractivity contribution is 7.14. The van der Waals surface area contributed by atoms with Gasteiger partial charge in [-0.2, -0.15) is 5.10 Å². The molecule has 190 valence electrons. The Labute approximate surface area is 217 Å². The van der Waals surface area contributed by atoms with Crippen molar-refractivity contribution in [2.24, 2.45) is 0 Å². The summed E-state index contributed by atoms with van der Waals surface area (Å²) in [6.45, 7) is 3.17. The van der Waals surface area contributed by atoms with E-state index in [4.69, 9.17) is 0 Å². The molecule has 2 aromatic heterocycles. The van der Waals surface area contributed by atoms with Gasteiger partial charge in [-0.05, 0) is 60.4 Å². The second kappa shape index (κ2) is 10.4. The first kappa shape index (κ1) is 24.5. The number of fused-ring (bicyclic) bond motifs is 2. The van der Waals surface area contributed by atoms with Crippen molar-refractivity contribution in [2.45, 2.75) is 38.9 Å². The van der Waals surface area contributed by atoms with Gasteiger partial charge in [0.1, 0.15) is 11.8 Å². The summed E-state index contributed by atoms with van der Waals surface area (Å²) >= 11 is 1.45. The molecule has 10 heteroatoms. The van der Waals surface area contributed by atoms with Crippen molar-refractivity contribution >= 4 is 40.0 Å². The molecule has 1 aliphatic heterocycles. The highest BCUT2D eigenvalue weighted by Crippen LogP contribution is 2.29. The molecule has 0 saturated carbocycles. The van der Waals surface area contributed by atoms with Crippen LogP contribution in [0.2, 0.25) is 0 Å². The minimum Gasteiger partial charge on any atom is -0.508 e. The molecule has 9 nitrogen and oxygen atoms in total. The summed E-state index contributed by atoms with van der Waals surface area (Å²) in [6, 6.07) is 13.2. The Hall–Kier alpha value is -4.18. The number of nitrogens with one attached hydrogen (secondary N) is 3. The fourth-order valence-electron chi connectivity index (χ4n) is 4.40. The molecular weight excluding hydrogens is 490 g/mol. The van der Waals surface area contributed by atoms with E-state index in [1.54, 1.807) is 53.6 Å². The van der Waals surface area contributed by atoms with Crippen LogP contribution in [0, 0.1) is 0 Å². The summed E-state index contributed by atoms with van der Waals surface area (Å²) < 4.78 is 0. The van der Waals surface area contributed by atoms with Crippen LogP contribution in [0.4, 0.5) is 0 Å². The molecule has 0 saturated heterocycles. The molecule has 0 spiro atoms. The van der Waals surface area contributed by atoms with Crippen LogP contribution in [0.5, 0.6) is 5.75 Å². The summed E-state index contributed by atoms with van der Waals surface area (Å²) in [5.74, 6) is -0.418.